The highest BCUT2D eigenvalue weighted by Gasteiger charge is 2.19. The molecule has 20 heavy (non-hydrogen) atoms. The van der Waals surface area contributed by atoms with Gasteiger partial charge in [0, 0.05) is 12.1 Å². The van der Waals surface area contributed by atoms with Crippen molar-refractivity contribution in [2.45, 2.75) is 26.3 Å². The van der Waals surface area contributed by atoms with Gasteiger partial charge in [0.25, 0.3) is 0 Å². The van der Waals surface area contributed by atoms with Gasteiger partial charge in [-0.25, -0.2) is 4.39 Å². The Labute approximate surface area is 117 Å². The molecule has 0 aliphatic carbocycles. The normalized spacial score (nSPS) is 12.3. The molecule has 0 saturated heterocycles. The van der Waals surface area contributed by atoms with Crippen molar-refractivity contribution >= 4 is 18.0 Å². The number of benzene rings is 1. The van der Waals surface area contributed by atoms with Crippen molar-refractivity contribution in [3.63, 3.8) is 0 Å². The maximum atomic E-state index is 13.0. The number of rotatable bonds is 6. The average molecular weight is 279 g/mol. The van der Waals surface area contributed by atoms with Crippen LogP contribution in [0.15, 0.2) is 30.3 Å². The Bertz CT molecular complexity index is 514. The van der Waals surface area contributed by atoms with Gasteiger partial charge in [-0.1, -0.05) is 19.1 Å². The summed E-state index contributed by atoms with van der Waals surface area (Å²) in [6.45, 7) is 3.32. The highest BCUT2D eigenvalue weighted by Crippen LogP contribution is 2.08. The Kier molecular flexibility index (Phi) is 5.90. The summed E-state index contributed by atoms with van der Waals surface area (Å²) in [5.41, 5.74) is 0.553. The Morgan fingerprint density at radius 3 is 2.70 bits per heavy atom. The first-order valence-corrected chi connectivity index (χ1v) is 6.40. The van der Waals surface area contributed by atoms with E-state index in [9.17, 15) is 14.0 Å². The van der Waals surface area contributed by atoms with Crippen molar-refractivity contribution in [2.75, 3.05) is 6.54 Å². The molecule has 1 amide bonds. The molecule has 1 unspecified atom stereocenters. The van der Waals surface area contributed by atoms with Crippen molar-refractivity contribution in [2.24, 2.45) is 0 Å². The second-order valence-electron chi connectivity index (χ2n) is 4.51. The first-order chi connectivity index (χ1) is 9.43. The third kappa shape index (κ3) is 4.84. The van der Waals surface area contributed by atoms with E-state index in [2.05, 4.69) is 0 Å². The molecule has 1 N–H and O–H groups in total. The molecule has 1 rings (SSSR count). The van der Waals surface area contributed by atoms with Gasteiger partial charge in [-0.15, -0.1) is 0 Å². The number of nitrogens with zero attached hydrogens (tertiary/aromatic N) is 1. The van der Waals surface area contributed by atoms with Gasteiger partial charge >= 0.3 is 5.97 Å². The standard InChI is InChI=1S/C15H18FNO3/c1-3-11(2)17(10-15(19)20)14(18)8-7-12-5-4-6-13(16)9-12/h4-9,11H,3,10H2,1-2H3,(H,19,20)/b8-7+. The minimum Gasteiger partial charge on any atom is -0.480 e. The second-order valence-corrected chi connectivity index (χ2v) is 4.51. The smallest absolute Gasteiger partial charge is 0.323 e. The Hall–Kier alpha value is -2.17. The lowest BCUT2D eigenvalue weighted by Gasteiger charge is -2.25. The third-order valence-electron chi connectivity index (χ3n) is 2.98. The van der Waals surface area contributed by atoms with Crippen LogP contribution in [0.3, 0.4) is 0 Å². The topological polar surface area (TPSA) is 57.6 Å². The number of amides is 1. The largest absolute Gasteiger partial charge is 0.480 e. The first-order valence-electron chi connectivity index (χ1n) is 6.40. The monoisotopic (exact) mass is 279 g/mol. The van der Waals surface area contributed by atoms with Crippen LogP contribution in [0.5, 0.6) is 0 Å². The molecule has 1 aromatic carbocycles. The predicted octanol–water partition coefficient (Wildman–Crippen LogP) is 2.55. The van der Waals surface area contributed by atoms with E-state index in [0.29, 0.717) is 12.0 Å². The van der Waals surface area contributed by atoms with Crippen LogP contribution >= 0.6 is 0 Å². The number of carbonyl (C=O) groups is 2. The van der Waals surface area contributed by atoms with E-state index in [1.165, 1.54) is 29.2 Å². The van der Waals surface area contributed by atoms with E-state index in [1.807, 2.05) is 6.92 Å². The van der Waals surface area contributed by atoms with Gasteiger partial charge in [0.1, 0.15) is 12.4 Å². The van der Waals surface area contributed by atoms with Crippen LogP contribution in [0.4, 0.5) is 4.39 Å². The highest BCUT2D eigenvalue weighted by molar-refractivity contribution is 5.93. The van der Waals surface area contributed by atoms with Gasteiger partial charge in [-0.3, -0.25) is 9.59 Å². The van der Waals surface area contributed by atoms with Gasteiger partial charge < -0.3 is 10.0 Å². The quantitative estimate of drug-likeness (QED) is 0.814. The van der Waals surface area contributed by atoms with Gasteiger partial charge in [0.05, 0.1) is 0 Å². The summed E-state index contributed by atoms with van der Waals surface area (Å²) in [7, 11) is 0. The molecule has 0 saturated carbocycles. The van der Waals surface area contributed by atoms with Crippen molar-refractivity contribution in [1.29, 1.82) is 0 Å². The zero-order valence-electron chi connectivity index (χ0n) is 11.5. The number of aliphatic carboxylic acids is 1. The fourth-order valence-corrected chi connectivity index (χ4v) is 1.69. The van der Waals surface area contributed by atoms with E-state index < -0.39 is 11.9 Å². The molecule has 0 aliphatic rings. The third-order valence-corrected chi connectivity index (χ3v) is 2.98. The molecule has 108 valence electrons. The maximum Gasteiger partial charge on any atom is 0.323 e. The zero-order valence-corrected chi connectivity index (χ0v) is 11.5. The molecule has 0 radical (unpaired) electrons. The molecule has 5 heteroatoms. The lowest BCUT2D eigenvalue weighted by Crippen LogP contribution is -2.40. The lowest BCUT2D eigenvalue weighted by atomic mass is 10.2. The fraction of sp³-hybridized carbons (Fsp3) is 0.333. The molecule has 1 atom stereocenters. The van der Waals surface area contributed by atoms with Crippen LogP contribution in [-0.4, -0.2) is 34.5 Å². The molecule has 0 aromatic heterocycles. The summed E-state index contributed by atoms with van der Waals surface area (Å²) in [4.78, 5) is 24.1. The lowest BCUT2D eigenvalue weighted by molar-refractivity contribution is -0.144. The van der Waals surface area contributed by atoms with Crippen LogP contribution in [0.1, 0.15) is 25.8 Å². The van der Waals surface area contributed by atoms with Gasteiger partial charge in [-0.2, -0.15) is 0 Å². The summed E-state index contributed by atoms with van der Waals surface area (Å²) < 4.78 is 13.0. The van der Waals surface area contributed by atoms with Gasteiger partial charge in [0.15, 0.2) is 0 Å². The van der Waals surface area contributed by atoms with Crippen LogP contribution in [0, 0.1) is 5.82 Å². The molecule has 1 aromatic rings. The van der Waals surface area contributed by atoms with Crippen LogP contribution in [0.2, 0.25) is 0 Å². The van der Waals surface area contributed by atoms with Crippen LogP contribution < -0.4 is 0 Å². The Balaban J connectivity index is 2.82. The fourth-order valence-electron chi connectivity index (χ4n) is 1.69. The predicted molar refractivity (Wildman–Crippen MR) is 74.5 cm³/mol. The molecule has 0 aliphatic heterocycles. The summed E-state index contributed by atoms with van der Waals surface area (Å²) in [6.07, 6.45) is 3.40. The average Bonchev–Trinajstić information content (AvgIpc) is 2.41. The van der Waals surface area contributed by atoms with E-state index in [-0.39, 0.29) is 18.4 Å². The van der Waals surface area contributed by atoms with Crippen molar-refractivity contribution in [3.8, 4) is 0 Å². The number of hydrogen-bond acceptors (Lipinski definition) is 2. The number of halogens is 1. The molecule has 0 fully saturated rings. The van der Waals surface area contributed by atoms with Crippen LogP contribution in [0.25, 0.3) is 6.08 Å². The number of carbonyl (C=O) groups excluding carboxylic acids is 1. The number of carboxylic acid groups (broad SMARTS) is 1. The van der Waals surface area contributed by atoms with Gasteiger partial charge in [0.2, 0.25) is 5.91 Å². The minimum absolute atomic E-state index is 0.171. The summed E-state index contributed by atoms with van der Waals surface area (Å²) in [6, 6.07) is 5.65. The maximum absolute atomic E-state index is 13.0. The Morgan fingerprint density at radius 1 is 1.45 bits per heavy atom. The molecule has 0 bridgehead atoms. The minimum atomic E-state index is -1.06. The van der Waals surface area contributed by atoms with E-state index in [4.69, 9.17) is 5.11 Å². The second kappa shape index (κ2) is 7.43. The van der Waals surface area contributed by atoms with E-state index in [0.717, 1.165) is 0 Å². The van der Waals surface area contributed by atoms with Crippen LogP contribution in [-0.2, 0) is 9.59 Å². The van der Waals surface area contributed by atoms with Gasteiger partial charge in [-0.05, 0) is 37.1 Å². The van der Waals surface area contributed by atoms with Crippen molar-refractivity contribution < 1.29 is 19.1 Å². The van der Waals surface area contributed by atoms with Crippen molar-refractivity contribution in [3.05, 3.63) is 41.7 Å². The summed E-state index contributed by atoms with van der Waals surface area (Å²) >= 11 is 0. The molecule has 4 nitrogen and oxygen atoms in total. The molecular formula is C15H18FNO3. The Morgan fingerprint density at radius 2 is 2.15 bits per heavy atom. The first kappa shape index (κ1) is 15.9. The molecule has 0 spiro atoms. The van der Waals surface area contributed by atoms with E-state index in [1.54, 1.807) is 19.1 Å². The summed E-state index contributed by atoms with van der Waals surface area (Å²) in [5, 5.41) is 8.83. The SMILES string of the molecule is CCC(C)N(CC(=O)O)C(=O)/C=C/c1cccc(F)c1. The highest BCUT2D eigenvalue weighted by atomic mass is 19.1. The van der Waals surface area contributed by atoms with E-state index >= 15 is 0 Å². The zero-order chi connectivity index (χ0) is 15.1. The van der Waals surface area contributed by atoms with Crippen molar-refractivity contribution in [1.82, 2.24) is 4.90 Å². The number of carboxylic acids is 1. The summed E-state index contributed by atoms with van der Waals surface area (Å²) in [5.74, 6) is -1.84. The molecular weight excluding hydrogens is 261 g/mol. The number of hydrogen-bond donors (Lipinski definition) is 1. The molecule has 0 heterocycles.